The van der Waals surface area contributed by atoms with E-state index in [9.17, 15) is 9.59 Å². The number of carbonyl (C=O) groups is 1. The standard InChI is InChI=1S/C16H14ClN5O2/c17-11-4-2-1-3-10(11)8-21-12-6-5-9(14(18)23)7-13(12)22(15(19)20)16(21)24/h1-7H,8H2,(H2,18,23)(H3,19,20). The average molecular weight is 344 g/mol. The number of fused-ring (bicyclic) bond motifs is 1. The number of benzene rings is 2. The van der Waals surface area contributed by atoms with Crippen LogP contribution in [0.2, 0.25) is 5.02 Å². The van der Waals surface area contributed by atoms with Crippen molar-refractivity contribution in [3.05, 3.63) is 69.1 Å². The Morgan fingerprint density at radius 2 is 1.83 bits per heavy atom. The number of nitrogens with zero attached hydrogens (tertiary/aromatic N) is 2. The van der Waals surface area contributed by atoms with Crippen LogP contribution in [-0.2, 0) is 6.54 Å². The fourth-order valence-corrected chi connectivity index (χ4v) is 2.79. The topological polar surface area (TPSA) is 120 Å². The van der Waals surface area contributed by atoms with Crippen molar-refractivity contribution in [1.82, 2.24) is 9.13 Å². The first-order valence-corrected chi connectivity index (χ1v) is 7.41. The van der Waals surface area contributed by atoms with Gasteiger partial charge in [0.05, 0.1) is 17.6 Å². The van der Waals surface area contributed by atoms with Crippen molar-refractivity contribution in [2.75, 3.05) is 0 Å². The third-order valence-corrected chi connectivity index (χ3v) is 4.11. The number of hydrogen-bond donors (Lipinski definition) is 3. The zero-order valence-electron chi connectivity index (χ0n) is 12.5. The van der Waals surface area contributed by atoms with E-state index >= 15 is 0 Å². The third kappa shape index (κ3) is 2.55. The molecule has 0 fully saturated rings. The fraction of sp³-hybridized carbons (Fsp3) is 0.0625. The molecule has 0 saturated carbocycles. The SMILES string of the molecule is N=C(N)n1c(=O)n(Cc2ccccc2Cl)c2ccc(C(N)=O)cc21. The Labute approximate surface area is 141 Å². The van der Waals surface area contributed by atoms with Crippen LogP contribution >= 0.6 is 11.6 Å². The lowest BCUT2D eigenvalue weighted by Crippen LogP contribution is -2.33. The molecule has 3 aromatic rings. The van der Waals surface area contributed by atoms with Crippen LogP contribution < -0.4 is 17.2 Å². The van der Waals surface area contributed by atoms with Crippen LogP contribution in [0, 0.1) is 5.41 Å². The molecule has 1 aromatic heterocycles. The van der Waals surface area contributed by atoms with Gasteiger partial charge in [0.15, 0.2) is 0 Å². The summed E-state index contributed by atoms with van der Waals surface area (Å²) in [5.41, 5.74) is 12.2. The summed E-state index contributed by atoms with van der Waals surface area (Å²) in [6, 6.07) is 11.7. The maximum absolute atomic E-state index is 12.7. The van der Waals surface area contributed by atoms with Crippen molar-refractivity contribution >= 4 is 34.5 Å². The molecular formula is C16H14ClN5O2. The highest BCUT2D eigenvalue weighted by atomic mass is 35.5. The average Bonchev–Trinajstić information content (AvgIpc) is 2.81. The van der Waals surface area contributed by atoms with Gasteiger partial charge < -0.3 is 11.5 Å². The number of hydrogen-bond acceptors (Lipinski definition) is 3. The van der Waals surface area contributed by atoms with Crippen molar-refractivity contribution in [3.63, 3.8) is 0 Å². The second-order valence-electron chi connectivity index (χ2n) is 5.25. The van der Waals surface area contributed by atoms with E-state index in [0.29, 0.717) is 16.1 Å². The van der Waals surface area contributed by atoms with Crippen LogP contribution in [0.25, 0.3) is 11.0 Å². The molecule has 0 atom stereocenters. The van der Waals surface area contributed by atoms with Crippen molar-refractivity contribution in [3.8, 4) is 0 Å². The number of nitrogens with one attached hydrogen (secondary N) is 1. The summed E-state index contributed by atoms with van der Waals surface area (Å²) in [4.78, 5) is 24.1. The van der Waals surface area contributed by atoms with Crippen LogP contribution in [0.3, 0.4) is 0 Å². The van der Waals surface area contributed by atoms with E-state index in [1.54, 1.807) is 18.2 Å². The van der Waals surface area contributed by atoms with E-state index < -0.39 is 17.6 Å². The first-order chi connectivity index (χ1) is 11.4. The van der Waals surface area contributed by atoms with Crippen LogP contribution in [-0.4, -0.2) is 21.0 Å². The molecular weight excluding hydrogens is 330 g/mol. The molecule has 1 amide bonds. The number of imidazole rings is 1. The molecule has 8 heteroatoms. The highest BCUT2D eigenvalue weighted by Crippen LogP contribution is 2.20. The molecule has 3 rings (SSSR count). The molecule has 5 N–H and O–H groups in total. The molecule has 0 radical (unpaired) electrons. The molecule has 7 nitrogen and oxygen atoms in total. The van der Waals surface area contributed by atoms with Gasteiger partial charge in [-0.3, -0.25) is 14.8 Å². The van der Waals surface area contributed by atoms with Gasteiger partial charge in [0, 0.05) is 10.6 Å². The van der Waals surface area contributed by atoms with E-state index in [-0.39, 0.29) is 12.1 Å². The molecule has 0 aliphatic rings. The molecule has 1 heterocycles. The molecule has 2 aromatic carbocycles. The minimum atomic E-state index is -0.627. The second-order valence-corrected chi connectivity index (χ2v) is 5.66. The number of nitrogen functional groups attached to an aromatic ring is 1. The van der Waals surface area contributed by atoms with Gasteiger partial charge in [0.25, 0.3) is 0 Å². The molecule has 122 valence electrons. The Kier molecular flexibility index (Phi) is 3.86. The highest BCUT2D eigenvalue weighted by molar-refractivity contribution is 6.31. The Bertz CT molecular complexity index is 1030. The minimum absolute atomic E-state index is 0.213. The van der Waals surface area contributed by atoms with E-state index in [0.717, 1.165) is 10.1 Å². The lowest BCUT2D eigenvalue weighted by Gasteiger charge is -2.06. The van der Waals surface area contributed by atoms with Crippen LogP contribution in [0.15, 0.2) is 47.3 Å². The van der Waals surface area contributed by atoms with Crippen LogP contribution in [0.5, 0.6) is 0 Å². The number of halogens is 1. The van der Waals surface area contributed by atoms with Gasteiger partial charge >= 0.3 is 5.69 Å². The van der Waals surface area contributed by atoms with Crippen molar-refractivity contribution in [1.29, 1.82) is 5.41 Å². The summed E-state index contributed by atoms with van der Waals surface area (Å²) >= 11 is 6.16. The summed E-state index contributed by atoms with van der Waals surface area (Å²) < 4.78 is 2.47. The predicted octanol–water partition coefficient (Wildman–Crippen LogP) is 1.35. The summed E-state index contributed by atoms with van der Waals surface area (Å²) in [5.74, 6) is -1.07. The Balaban J connectivity index is 2.27. The van der Waals surface area contributed by atoms with Crippen molar-refractivity contribution in [2.24, 2.45) is 11.5 Å². The molecule has 0 spiro atoms. The van der Waals surface area contributed by atoms with Gasteiger partial charge in [-0.2, -0.15) is 0 Å². The quantitative estimate of drug-likeness (QED) is 0.491. The number of nitrogens with two attached hydrogens (primary N) is 2. The van der Waals surface area contributed by atoms with Crippen molar-refractivity contribution < 1.29 is 4.79 Å². The Morgan fingerprint density at radius 1 is 1.12 bits per heavy atom. The highest BCUT2D eigenvalue weighted by Gasteiger charge is 2.17. The predicted molar refractivity (Wildman–Crippen MR) is 92.6 cm³/mol. The van der Waals surface area contributed by atoms with E-state index in [2.05, 4.69) is 0 Å². The molecule has 0 unspecified atom stereocenters. The van der Waals surface area contributed by atoms with Gasteiger partial charge in [0.2, 0.25) is 11.9 Å². The lowest BCUT2D eigenvalue weighted by molar-refractivity contribution is 0.100. The number of carbonyl (C=O) groups excluding carboxylic acids is 1. The zero-order valence-corrected chi connectivity index (χ0v) is 13.2. The molecule has 0 aliphatic heterocycles. The number of aromatic nitrogens is 2. The normalized spacial score (nSPS) is 10.9. The fourth-order valence-electron chi connectivity index (χ4n) is 2.59. The summed E-state index contributed by atoms with van der Waals surface area (Å²) in [6.07, 6.45) is 0. The van der Waals surface area contributed by atoms with Crippen molar-refractivity contribution in [2.45, 2.75) is 6.54 Å². The molecule has 24 heavy (non-hydrogen) atoms. The van der Waals surface area contributed by atoms with Gasteiger partial charge in [-0.15, -0.1) is 0 Å². The van der Waals surface area contributed by atoms with Gasteiger partial charge in [-0.25, -0.2) is 9.36 Å². The molecule has 0 bridgehead atoms. The first-order valence-electron chi connectivity index (χ1n) is 7.03. The van der Waals surface area contributed by atoms with E-state index in [4.69, 9.17) is 28.5 Å². The van der Waals surface area contributed by atoms with Gasteiger partial charge in [-0.05, 0) is 29.8 Å². The van der Waals surface area contributed by atoms with E-state index in [1.165, 1.54) is 16.7 Å². The number of primary amides is 1. The third-order valence-electron chi connectivity index (χ3n) is 3.74. The maximum Gasteiger partial charge on any atom is 0.336 e. The summed E-state index contributed by atoms with van der Waals surface area (Å²) in [5, 5.41) is 8.19. The van der Waals surface area contributed by atoms with Crippen LogP contribution in [0.1, 0.15) is 15.9 Å². The zero-order chi connectivity index (χ0) is 17.4. The smallest absolute Gasteiger partial charge is 0.336 e. The number of rotatable bonds is 3. The van der Waals surface area contributed by atoms with Crippen LogP contribution in [0.4, 0.5) is 0 Å². The first kappa shape index (κ1) is 15.8. The molecule has 0 saturated heterocycles. The molecule has 0 aliphatic carbocycles. The minimum Gasteiger partial charge on any atom is -0.369 e. The Hall–Kier alpha value is -3.06. The van der Waals surface area contributed by atoms with E-state index in [1.807, 2.05) is 12.1 Å². The lowest BCUT2D eigenvalue weighted by atomic mass is 10.2. The second kappa shape index (κ2) is 5.86. The monoisotopic (exact) mass is 343 g/mol. The summed E-state index contributed by atoms with van der Waals surface area (Å²) in [6.45, 7) is 0.213. The maximum atomic E-state index is 12.7. The number of amides is 1. The summed E-state index contributed by atoms with van der Waals surface area (Å²) in [7, 11) is 0. The van der Waals surface area contributed by atoms with Gasteiger partial charge in [-0.1, -0.05) is 29.8 Å². The van der Waals surface area contributed by atoms with Gasteiger partial charge in [0.1, 0.15) is 0 Å². The Morgan fingerprint density at radius 3 is 2.46 bits per heavy atom. The largest absolute Gasteiger partial charge is 0.369 e.